The van der Waals surface area contributed by atoms with E-state index in [1.54, 1.807) is 6.07 Å². The van der Waals surface area contributed by atoms with Crippen LogP contribution in [0.4, 0.5) is 5.69 Å². The van der Waals surface area contributed by atoms with E-state index in [9.17, 15) is 4.79 Å². The van der Waals surface area contributed by atoms with Crippen LogP contribution >= 0.6 is 11.6 Å². The van der Waals surface area contributed by atoms with Crippen LogP contribution in [0.3, 0.4) is 0 Å². The van der Waals surface area contributed by atoms with Gasteiger partial charge in [-0.05, 0) is 25.1 Å². The lowest BCUT2D eigenvalue weighted by molar-refractivity contribution is -0.118. The van der Waals surface area contributed by atoms with Crippen LogP contribution in [-0.2, 0) is 4.79 Å². The molecule has 1 saturated heterocycles. The van der Waals surface area contributed by atoms with E-state index in [1.807, 2.05) is 18.2 Å². The first-order valence-corrected chi connectivity index (χ1v) is 7.07. The molecule has 0 saturated carbocycles. The van der Waals surface area contributed by atoms with Gasteiger partial charge in [0.2, 0.25) is 5.91 Å². The summed E-state index contributed by atoms with van der Waals surface area (Å²) in [5.41, 5.74) is 0.678. The number of amides is 1. The summed E-state index contributed by atoms with van der Waals surface area (Å²) >= 11 is 6.03. The number of benzene rings is 1. The third kappa shape index (κ3) is 3.93. The molecule has 1 aliphatic heterocycles. The second kappa shape index (κ2) is 6.89. The van der Waals surface area contributed by atoms with E-state index in [0.717, 1.165) is 26.1 Å². The maximum Gasteiger partial charge on any atom is 0.238 e. The lowest BCUT2D eigenvalue weighted by Crippen LogP contribution is -2.58. The molecule has 1 amide bonds. The highest BCUT2D eigenvalue weighted by molar-refractivity contribution is 6.33. The van der Waals surface area contributed by atoms with E-state index in [4.69, 9.17) is 11.6 Å². The summed E-state index contributed by atoms with van der Waals surface area (Å²) in [6.07, 6.45) is 1.05. The monoisotopic (exact) mass is 281 g/mol. The third-order valence-electron chi connectivity index (χ3n) is 3.28. The van der Waals surface area contributed by atoms with E-state index < -0.39 is 0 Å². The fraction of sp³-hybridized carbons (Fsp3) is 0.500. The van der Waals surface area contributed by atoms with Crippen molar-refractivity contribution in [2.45, 2.75) is 19.4 Å². The van der Waals surface area contributed by atoms with Crippen LogP contribution in [0.2, 0.25) is 5.02 Å². The van der Waals surface area contributed by atoms with Crippen LogP contribution in [0.15, 0.2) is 24.3 Å². The van der Waals surface area contributed by atoms with Crippen molar-refractivity contribution in [3.8, 4) is 0 Å². The zero-order chi connectivity index (χ0) is 13.7. The summed E-state index contributed by atoms with van der Waals surface area (Å²) in [4.78, 5) is 14.3. The van der Waals surface area contributed by atoms with E-state index >= 15 is 0 Å². The molecule has 0 radical (unpaired) electrons. The van der Waals surface area contributed by atoms with E-state index in [1.165, 1.54) is 0 Å². The Hall–Kier alpha value is -1.10. The first kappa shape index (κ1) is 14.3. The number of halogens is 1. The normalized spacial score (nSPS) is 15.3. The average Bonchev–Trinajstić information content (AvgIpc) is 2.30. The van der Waals surface area contributed by atoms with Crippen LogP contribution in [0.25, 0.3) is 0 Å². The molecule has 19 heavy (non-hydrogen) atoms. The number of nitrogens with one attached hydrogen (secondary N) is 2. The summed E-state index contributed by atoms with van der Waals surface area (Å²) in [6, 6.07) is 7.78. The van der Waals surface area contributed by atoms with Gasteiger partial charge in [-0.3, -0.25) is 9.69 Å². The van der Waals surface area contributed by atoms with Gasteiger partial charge in [-0.2, -0.15) is 0 Å². The molecular formula is C14H20ClN3O. The summed E-state index contributed by atoms with van der Waals surface area (Å²) in [6.45, 7) is 5.44. The maximum absolute atomic E-state index is 12.1. The van der Waals surface area contributed by atoms with E-state index in [0.29, 0.717) is 23.3 Å². The third-order valence-corrected chi connectivity index (χ3v) is 3.61. The number of carbonyl (C=O) groups excluding carboxylic acids is 1. The van der Waals surface area contributed by atoms with E-state index in [2.05, 4.69) is 22.5 Å². The first-order chi connectivity index (χ1) is 9.20. The van der Waals surface area contributed by atoms with Crippen LogP contribution in [0.1, 0.15) is 13.3 Å². The lowest BCUT2D eigenvalue weighted by atomic mass is 10.1. The molecule has 0 bridgehead atoms. The number of para-hydroxylation sites is 1. The molecule has 2 rings (SSSR count). The minimum atomic E-state index is -0.00606. The highest BCUT2D eigenvalue weighted by Gasteiger charge is 2.25. The highest BCUT2D eigenvalue weighted by Crippen LogP contribution is 2.20. The van der Waals surface area contributed by atoms with Crippen LogP contribution < -0.4 is 10.6 Å². The van der Waals surface area contributed by atoms with Gasteiger partial charge in [0.05, 0.1) is 17.3 Å². The smallest absolute Gasteiger partial charge is 0.238 e. The van der Waals surface area contributed by atoms with Gasteiger partial charge in [0, 0.05) is 19.1 Å². The SMILES string of the molecule is CCCN(CC(=O)Nc1ccccc1Cl)C1CNC1. The Balaban J connectivity index is 1.90. The van der Waals surface area contributed by atoms with Crippen molar-refractivity contribution in [2.75, 3.05) is 31.5 Å². The minimum Gasteiger partial charge on any atom is -0.324 e. The summed E-state index contributed by atoms with van der Waals surface area (Å²) in [5, 5.41) is 6.68. The standard InChI is InChI=1S/C14H20ClN3O/c1-2-7-18(11-8-16-9-11)10-14(19)17-13-6-4-3-5-12(13)15/h3-6,11,16H,2,7-10H2,1H3,(H,17,19). The quantitative estimate of drug-likeness (QED) is 0.838. The zero-order valence-electron chi connectivity index (χ0n) is 11.2. The molecule has 5 heteroatoms. The Labute approximate surface area is 119 Å². The lowest BCUT2D eigenvalue weighted by Gasteiger charge is -2.37. The Bertz CT molecular complexity index is 434. The molecule has 2 N–H and O–H groups in total. The molecule has 1 fully saturated rings. The second-order valence-electron chi connectivity index (χ2n) is 4.81. The van der Waals surface area contributed by atoms with Gasteiger partial charge < -0.3 is 10.6 Å². The summed E-state index contributed by atoms with van der Waals surface area (Å²) < 4.78 is 0. The van der Waals surface area contributed by atoms with Crippen LogP contribution in [0.5, 0.6) is 0 Å². The molecule has 1 aliphatic rings. The molecule has 1 heterocycles. The summed E-state index contributed by atoms with van der Waals surface area (Å²) in [7, 11) is 0. The van der Waals surface area contributed by atoms with Crippen molar-refractivity contribution >= 4 is 23.2 Å². The number of anilines is 1. The minimum absolute atomic E-state index is 0.00606. The number of rotatable bonds is 6. The molecule has 1 aromatic rings. The molecular weight excluding hydrogens is 262 g/mol. The molecule has 0 unspecified atom stereocenters. The van der Waals surface area contributed by atoms with Crippen LogP contribution in [-0.4, -0.2) is 43.0 Å². The Morgan fingerprint density at radius 2 is 2.21 bits per heavy atom. The van der Waals surface area contributed by atoms with Gasteiger partial charge in [-0.25, -0.2) is 0 Å². The molecule has 0 aromatic heterocycles. The second-order valence-corrected chi connectivity index (χ2v) is 5.22. The van der Waals surface area contributed by atoms with Crippen molar-refractivity contribution in [2.24, 2.45) is 0 Å². The molecule has 0 spiro atoms. The number of carbonyl (C=O) groups is 1. The zero-order valence-corrected chi connectivity index (χ0v) is 11.9. The maximum atomic E-state index is 12.1. The molecule has 0 aliphatic carbocycles. The Morgan fingerprint density at radius 1 is 1.47 bits per heavy atom. The fourth-order valence-electron chi connectivity index (χ4n) is 2.15. The summed E-state index contributed by atoms with van der Waals surface area (Å²) in [5.74, 6) is -0.00606. The van der Waals surface area contributed by atoms with Gasteiger partial charge in [-0.1, -0.05) is 30.7 Å². The van der Waals surface area contributed by atoms with Crippen molar-refractivity contribution < 1.29 is 4.79 Å². The fourth-order valence-corrected chi connectivity index (χ4v) is 2.33. The first-order valence-electron chi connectivity index (χ1n) is 6.70. The van der Waals surface area contributed by atoms with E-state index in [-0.39, 0.29) is 5.91 Å². The number of hydrogen-bond donors (Lipinski definition) is 2. The van der Waals surface area contributed by atoms with Crippen molar-refractivity contribution in [1.29, 1.82) is 0 Å². The van der Waals surface area contributed by atoms with Gasteiger partial charge in [0.1, 0.15) is 0 Å². The molecule has 104 valence electrons. The van der Waals surface area contributed by atoms with Gasteiger partial charge in [0.15, 0.2) is 0 Å². The highest BCUT2D eigenvalue weighted by atomic mass is 35.5. The topological polar surface area (TPSA) is 44.4 Å². The average molecular weight is 282 g/mol. The van der Waals surface area contributed by atoms with Crippen molar-refractivity contribution in [3.05, 3.63) is 29.3 Å². The van der Waals surface area contributed by atoms with Gasteiger partial charge in [-0.15, -0.1) is 0 Å². The largest absolute Gasteiger partial charge is 0.324 e. The predicted molar refractivity (Wildman–Crippen MR) is 78.6 cm³/mol. The van der Waals surface area contributed by atoms with Gasteiger partial charge in [0.25, 0.3) is 0 Å². The van der Waals surface area contributed by atoms with Gasteiger partial charge >= 0.3 is 0 Å². The Kier molecular flexibility index (Phi) is 5.19. The van der Waals surface area contributed by atoms with Crippen molar-refractivity contribution in [3.63, 3.8) is 0 Å². The molecule has 1 aromatic carbocycles. The Morgan fingerprint density at radius 3 is 2.79 bits per heavy atom. The molecule has 4 nitrogen and oxygen atoms in total. The van der Waals surface area contributed by atoms with Crippen molar-refractivity contribution in [1.82, 2.24) is 10.2 Å². The number of hydrogen-bond acceptors (Lipinski definition) is 3. The van der Waals surface area contributed by atoms with Crippen LogP contribution in [0, 0.1) is 0 Å². The predicted octanol–water partition coefficient (Wildman–Crippen LogP) is 1.96. The number of nitrogens with zero attached hydrogens (tertiary/aromatic N) is 1. The molecule has 0 atom stereocenters.